The number of aliphatic hydroxyl groups is 4. The zero-order chi connectivity index (χ0) is 27.4. The molecule has 0 spiro atoms. The molecule has 1 fully saturated rings. The maximum absolute atomic E-state index is 10.7. The Kier molecular flexibility index (Phi) is 8.30. The highest BCUT2D eigenvalue weighted by atomic mass is 16.6. The number of aliphatic hydroxyl groups excluding tert-OH is 4. The van der Waals surface area contributed by atoms with Crippen LogP contribution in [0.25, 0.3) is 22.2 Å². The van der Waals surface area contributed by atoms with Gasteiger partial charge in [0.25, 0.3) is 0 Å². The van der Waals surface area contributed by atoms with Crippen LogP contribution in [0.5, 0.6) is 11.5 Å². The topological polar surface area (TPSA) is 149 Å². The highest BCUT2D eigenvalue weighted by Gasteiger charge is 2.44. The van der Waals surface area contributed by atoms with Gasteiger partial charge in [0, 0.05) is 18.7 Å². The van der Waals surface area contributed by atoms with E-state index >= 15 is 0 Å². The third kappa shape index (κ3) is 5.70. The molecule has 1 aliphatic rings. The minimum absolute atomic E-state index is 0.100. The Morgan fingerprint density at radius 3 is 2.56 bits per heavy atom. The number of benzene rings is 3. The molecule has 1 aromatic heterocycles. The summed E-state index contributed by atoms with van der Waals surface area (Å²) in [7, 11) is 0. The quantitative estimate of drug-likeness (QED) is 0.159. The number of rotatable bonds is 11. The Bertz CT molecular complexity index is 1410. The molecule has 1 saturated heterocycles. The number of imidazole rings is 1. The first-order valence-electron chi connectivity index (χ1n) is 13.0. The van der Waals surface area contributed by atoms with Crippen LogP contribution in [0.2, 0.25) is 0 Å². The Labute approximate surface area is 225 Å². The van der Waals surface area contributed by atoms with E-state index in [9.17, 15) is 20.4 Å². The highest BCUT2D eigenvalue weighted by molar-refractivity contribution is 5.79. The average molecular weight is 536 g/mol. The molecule has 5 rings (SSSR count). The Balaban J connectivity index is 1.43. The van der Waals surface area contributed by atoms with Crippen molar-refractivity contribution < 1.29 is 35.0 Å². The lowest BCUT2D eigenvalue weighted by Crippen LogP contribution is -2.33. The van der Waals surface area contributed by atoms with Crippen molar-refractivity contribution in [2.24, 2.45) is 0 Å². The number of phenolic OH excluding ortho intramolecular Hbond substituents is 1. The van der Waals surface area contributed by atoms with E-state index in [0.29, 0.717) is 48.7 Å². The van der Waals surface area contributed by atoms with Crippen LogP contribution in [0, 0.1) is 0 Å². The predicted octanol–water partition coefficient (Wildman–Crippen LogP) is 2.78. The SMILES string of the molecule is OCCCCOc1cc(CNc2nc3ccccc3n2[C@@H]2O[C@H](CO)[C@@H](O)[C@H]2O)ccc1-c1cccc(O)c1. The predicted molar refractivity (Wildman–Crippen MR) is 145 cm³/mol. The molecule has 0 amide bonds. The number of hydrogen-bond acceptors (Lipinski definition) is 9. The van der Waals surface area contributed by atoms with Crippen LogP contribution in [-0.4, -0.2) is 73.2 Å². The van der Waals surface area contributed by atoms with E-state index in [1.54, 1.807) is 22.8 Å². The molecule has 6 N–H and O–H groups in total. The molecule has 0 unspecified atom stereocenters. The number of nitrogens with zero attached hydrogens (tertiary/aromatic N) is 2. The lowest BCUT2D eigenvalue weighted by Gasteiger charge is -2.20. The van der Waals surface area contributed by atoms with Crippen molar-refractivity contribution in [3.63, 3.8) is 0 Å². The van der Waals surface area contributed by atoms with E-state index in [1.807, 2.05) is 48.5 Å². The third-order valence-electron chi connectivity index (χ3n) is 6.83. The molecule has 39 heavy (non-hydrogen) atoms. The molecule has 4 aromatic rings. The summed E-state index contributed by atoms with van der Waals surface area (Å²) in [5.41, 5.74) is 3.94. The number of unbranched alkanes of at least 4 members (excludes halogenated alkanes) is 1. The number of para-hydroxylation sites is 2. The zero-order valence-electron chi connectivity index (χ0n) is 21.3. The van der Waals surface area contributed by atoms with Gasteiger partial charge in [-0.3, -0.25) is 4.57 Å². The van der Waals surface area contributed by atoms with Crippen LogP contribution >= 0.6 is 0 Å². The van der Waals surface area contributed by atoms with Gasteiger partial charge >= 0.3 is 0 Å². The summed E-state index contributed by atoms with van der Waals surface area (Å²) in [6, 6.07) is 20.2. The van der Waals surface area contributed by atoms with Crippen LogP contribution in [0.1, 0.15) is 24.6 Å². The Morgan fingerprint density at radius 2 is 1.79 bits per heavy atom. The van der Waals surface area contributed by atoms with E-state index < -0.39 is 31.1 Å². The van der Waals surface area contributed by atoms with Crippen molar-refractivity contribution in [1.29, 1.82) is 0 Å². The van der Waals surface area contributed by atoms with Crippen LogP contribution < -0.4 is 10.1 Å². The van der Waals surface area contributed by atoms with Crippen molar-refractivity contribution in [2.75, 3.05) is 25.1 Å². The summed E-state index contributed by atoms with van der Waals surface area (Å²) >= 11 is 0. The summed E-state index contributed by atoms with van der Waals surface area (Å²) in [4.78, 5) is 4.68. The number of aromatic nitrogens is 2. The highest BCUT2D eigenvalue weighted by Crippen LogP contribution is 2.36. The molecule has 0 aliphatic carbocycles. The Morgan fingerprint density at radius 1 is 0.949 bits per heavy atom. The first kappa shape index (κ1) is 26.9. The van der Waals surface area contributed by atoms with E-state index in [2.05, 4.69) is 10.3 Å². The van der Waals surface area contributed by atoms with Crippen LogP contribution in [0.3, 0.4) is 0 Å². The van der Waals surface area contributed by atoms with Gasteiger partial charge in [-0.05, 0) is 54.3 Å². The lowest BCUT2D eigenvalue weighted by molar-refractivity contribution is -0.0499. The van der Waals surface area contributed by atoms with Gasteiger partial charge < -0.3 is 40.3 Å². The fourth-order valence-electron chi connectivity index (χ4n) is 4.81. The minimum atomic E-state index is -1.25. The van der Waals surface area contributed by atoms with Gasteiger partial charge in [0.2, 0.25) is 5.95 Å². The fourth-order valence-corrected chi connectivity index (χ4v) is 4.81. The van der Waals surface area contributed by atoms with Gasteiger partial charge in [0.05, 0.1) is 24.2 Å². The molecule has 0 radical (unpaired) electrons. The van der Waals surface area contributed by atoms with Crippen LogP contribution in [0.4, 0.5) is 5.95 Å². The lowest BCUT2D eigenvalue weighted by atomic mass is 10.0. The number of ether oxygens (including phenoxy) is 2. The van der Waals surface area contributed by atoms with Gasteiger partial charge in [-0.2, -0.15) is 0 Å². The van der Waals surface area contributed by atoms with Crippen molar-refractivity contribution >= 4 is 17.0 Å². The van der Waals surface area contributed by atoms with E-state index in [-0.39, 0.29) is 12.4 Å². The standard InChI is InChI=1S/C29H33N3O7/c33-12-3-4-13-38-24-14-18(10-11-21(24)19-6-5-7-20(35)15-19)16-30-29-31-22-8-1-2-9-23(22)32(29)28-27(37)26(36)25(17-34)39-28/h1-2,5-11,14-15,25-28,33-37H,3-4,12-13,16-17H2,(H,30,31)/t25-,26-,27-,28-/m1/s1. The van der Waals surface area contributed by atoms with Gasteiger partial charge in [-0.25, -0.2) is 4.98 Å². The second kappa shape index (κ2) is 12.0. The molecule has 10 heteroatoms. The first-order valence-corrected chi connectivity index (χ1v) is 13.0. The molecular formula is C29H33N3O7. The average Bonchev–Trinajstić information content (AvgIpc) is 3.45. The van der Waals surface area contributed by atoms with Crippen molar-refractivity contribution in [3.8, 4) is 22.6 Å². The summed E-state index contributed by atoms with van der Waals surface area (Å²) in [6.45, 7) is 0.482. The molecule has 1 aliphatic heterocycles. The van der Waals surface area contributed by atoms with E-state index in [4.69, 9.17) is 14.6 Å². The number of hydrogen-bond donors (Lipinski definition) is 6. The molecule has 0 bridgehead atoms. The van der Waals surface area contributed by atoms with Crippen LogP contribution in [0.15, 0.2) is 66.7 Å². The summed E-state index contributed by atoms with van der Waals surface area (Å²) in [5.74, 6) is 1.25. The van der Waals surface area contributed by atoms with Gasteiger partial charge in [0.1, 0.15) is 29.8 Å². The second-order valence-corrected chi connectivity index (χ2v) is 9.54. The first-order chi connectivity index (χ1) is 19.0. The summed E-state index contributed by atoms with van der Waals surface area (Å²) in [6.07, 6.45) is -2.99. The molecule has 4 atom stereocenters. The summed E-state index contributed by atoms with van der Waals surface area (Å²) in [5, 5.41) is 53.0. The number of anilines is 1. The molecule has 10 nitrogen and oxygen atoms in total. The van der Waals surface area contributed by atoms with Gasteiger partial charge in [-0.15, -0.1) is 0 Å². The Hall–Kier alpha value is -3.67. The number of aromatic hydroxyl groups is 1. The normalized spacial score (nSPS) is 20.9. The molecular weight excluding hydrogens is 502 g/mol. The molecule has 206 valence electrons. The maximum Gasteiger partial charge on any atom is 0.206 e. The van der Waals surface area contributed by atoms with E-state index in [1.165, 1.54) is 0 Å². The van der Waals surface area contributed by atoms with Gasteiger partial charge in [0.15, 0.2) is 6.23 Å². The number of nitrogens with one attached hydrogen (secondary N) is 1. The number of fused-ring (bicyclic) bond motifs is 1. The van der Waals surface area contributed by atoms with Crippen molar-refractivity contribution in [1.82, 2.24) is 9.55 Å². The molecule has 3 aromatic carbocycles. The number of phenols is 1. The minimum Gasteiger partial charge on any atom is -0.508 e. The van der Waals surface area contributed by atoms with Gasteiger partial charge in [-0.1, -0.05) is 36.4 Å². The maximum atomic E-state index is 10.7. The second-order valence-electron chi connectivity index (χ2n) is 9.54. The smallest absolute Gasteiger partial charge is 0.206 e. The van der Waals surface area contributed by atoms with Crippen molar-refractivity contribution in [2.45, 2.75) is 43.9 Å². The largest absolute Gasteiger partial charge is 0.508 e. The molecule has 0 saturated carbocycles. The van der Waals surface area contributed by atoms with Crippen LogP contribution in [-0.2, 0) is 11.3 Å². The zero-order valence-corrected chi connectivity index (χ0v) is 21.3. The fraction of sp³-hybridized carbons (Fsp3) is 0.345. The van der Waals surface area contributed by atoms with Crippen molar-refractivity contribution in [3.05, 3.63) is 72.3 Å². The molecule has 2 heterocycles. The summed E-state index contributed by atoms with van der Waals surface area (Å²) < 4.78 is 13.6. The monoisotopic (exact) mass is 535 g/mol. The van der Waals surface area contributed by atoms with E-state index in [0.717, 1.165) is 16.7 Å². The third-order valence-corrected chi connectivity index (χ3v) is 6.83.